The predicted molar refractivity (Wildman–Crippen MR) is 107 cm³/mol. The van der Waals surface area contributed by atoms with Crippen LogP contribution < -0.4 is 15.4 Å². The van der Waals surface area contributed by atoms with Crippen molar-refractivity contribution in [3.05, 3.63) is 23.8 Å². The van der Waals surface area contributed by atoms with Crippen LogP contribution in [-0.4, -0.2) is 58.5 Å². The highest BCUT2D eigenvalue weighted by molar-refractivity contribution is 7.89. The van der Waals surface area contributed by atoms with Gasteiger partial charge in [0.05, 0.1) is 4.90 Å². The summed E-state index contributed by atoms with van der Waals surface area (Å²) in [5, 5.41) is 6.09. The molecular weight excluding hydrogens is 399 g/mol. The summed E-state index contributed by atoms with van der Waals surface area (Å²) in [5.41, 5.74) is 1.60. The van der Waals surface area contributed by atoms with Crippen molar-refractivity contribution in [3.8, 4) is 0 Å². The number of amides is 1. The largest absolute Gasteiger partial charge is 0.326 e. The second kappa shape index (κ2) is 10.4. The summed E-state index contributed by atoms with van der Waals surface area (Å²) in [6, 6.07) is 4.91. The Morgan fingerprint density at radius 2 is 1.85 bits per heavy atom. The van der Waals surface area contributed by atoms with Gasteiger partial charge in [0.15, 0.2) is 0 Å². The number of rotatable bonds is 5. The van der Waals surface area contributed by atoms with Crippen LogP contribution in [0, 0.1) is 0 Å². The van der Waals surface area contributed by atoms with Crippen molar-refractivity contribution in [3.63, 3.8) is 0 Å². The quantitative estimate of drug-likeness (QED) is 0.655. The van der Waals surface area contributed by atoms with E-state index in [4.69, 9.17) is 0 Å². The van der Waals surface area contributed by atoms with Crippen LogP contribution in [0.4, 0.5) is 5.69 Å². The van der Waals surface area contributed by atoms with Gasteiger partial charge in [-0.15, -0.1) is 24.8 Å². The topological polar surface area (TPSA) is 90.5 Å². The molecule has 3 N–H and O–H groups in total. The van der Waals surface area contributed by atoms with Gasteiger partial charge in [-0.05, 0) is 36.6 Å². The second-order valence-corrected chi connectivity index (χ2v) is 7.98. The van der Waals surface area contributed by atoms with Crippen LogP contribution in [0.3, 0.4) is 0 Å². The number of aryl methyl sites for hydroxylation is 1. The van der Waals surface area contributed by atoms with E-state index in [-0.39, 0.29) is 35.6 Å². The Morgan fingerprint density at radius 1 is 1.12 bits per heavy atom. The van der Waals surface area contributed by atoms with Gasteiger partial charge in [-0.2, -0.15) is 0 Å². The molecule has 1 saturated heterocycles. The summed E-state index contributed by atoms with van der Waals surface area (Å²) in [6.07, 6.45) is 1.91. The minimum Gasteiger partial charge on any atom is -0.326 e. The van der Waals surface area contributed by atoms with Crippen molar-refractivity contribution < 1.29 is 13.2 Å². The number of carbonyl (C=O) groups is 1. The fourth-order valence-electron chi connectivity index (χ4n) is 3.07. The monoisotopic (exact) mass is 424 g/mol. The number of fused-ring (bicyclic) bond motifs is 1. The number of nitrogens with one attached hydrogen (secondary N) is 3. The zero-order chi connectivity index (χ0) is 17.0. The Hall–Kier alpha value is -0.900. The number of carbonyl (C=O) groups excluding carboxylic acids is 1. The average Bonchev–Trinajstić information content (AvgIpc) is 2.75. The first-order valence-electron chi connectivity index (χ1n) is 8.40. The van der Waals surface area contributed by atoms with Crippen molar-refractivity contribution in [2.45, 2.75) is 24.2 Å². The third-order valence-corrected chi connectivity index (χ3v) is 5.90. The molecule has 2 heterocycles. The Morgan fingerprint density at radius 3 is 2.58 bits per heavy atom. The fourth-order valence-corrected chi connectivity index (χ4v) is 4.15. The van der Waals surface area contributed by atoms with E-state index >= 15 is 0 Å². The van der Waals surface area contributed by atoms with E-state index < -0.39 is 10.0 Å². The molecule has 26 heavy (non-hydrogen) atoms. The molecule has 1 aromatic carbocycles. The molecular formula is C16H26Cl2N4O3S. The highest BCUT2D eigenvalue weighted by atomic mass is 35.5. The van der Waals surface area contributed by atoms with Crippen molar-refractivity contribution in [1.29, 1.82) is 0 Å². The first-order valence-corrected chi connectivity index (χ1v) is 9.88. The maximum Gasteiger partial charge on any atom is 0.240 e. The van der Waals surface area contributed by atoms with Crippen molar-refractivity contribution in [1.82, 2.24) is 14.9 Å². The van der Waals surface area contributed by atoms with Gasteiger partial charge in [0.2, 0.25) is 15.9 Å². The molecule has 0 radical (unpaired) electrons. The molecule has 0 aliphatic carbocycles. The van der Waals surface area contributed by atoms with Crippen LogP contribution in [-0.2, 0) is 21.2 Å². The number of anilines is 1. The number of hydrogen-bond acceptors (Lipinski definition) is 5. The summed E-state index contributed by atoms with van der Waals surface area (Å²) in [4.78, 5) is 14.1. The van der Waals surface area contributed by atoms with Gasteiger partial charge in [-0.1, -0.05) is 0 Å². The molecule has 0 spiro atoms. The SMILES string of the molecule is Cl.Cl.O=C1CCCc2cc(S(=O)(=O)NCCN3CCNCC3)ccc2N1. The van der Waals surface area contributed by atoms with E-state index in [9.17, 15) is 13.2 Å². The van der Waals surface area contributed by atoms with E-state index in [1.807, 2.05) is 0 Å². The van der Waals surface area contributed by atoms with Crippen LogP contribution in [0.5, 0.6) is 0 Å². The molecule has 0 atom stereocenters. The zero-order valence-electron chi connectivity index (χ0n) is 14.5. The standard InChI is InChI=1S/C16H24N4O3S.2ClH/c21-16-3-1-2-13-12-14(4-5-15(13)19-16)24(22,23)18-8-11-20-9-6-17-7-10-20;;/h4-5,12,17-18H,1-3,6-11H2,(H,19,21);2*1H. The number of sulfonamides is 1. The molecule has 0 unspecified atom stereocenters. The molecule has 0 aromatic heterocycles. The smallest absolute Gasteiger partial charge is 0.240 e. The average molecular weight is 425 g/mol. The minimum atomic E-state index is -3.53. The molecule has 1 amide bonds. The Bertz CT molecular complexity index is 709. The lowest BCUT2D eigenvalue weighted by Gasteiger charge is -2.27. The summed E-state index contributed by atoms with van der Waals surface area (Å²) in [7, 11) is -3.53. The summed E-state index contributed by atoms with van der Waals surface area (Å²) in [6.45, 7) is 4.89. The lowest BCUT2D eigenvalue weighted by atomic mass is 10.1. The molecule has 7 nitrogen and oxygen atoms in total. The molecule has 1 aromatic rings. The van der Waals surface area contributed by atoms with Crippen LogP contribution in [0.1, 0.15) is 18.4 Å². The second-order valence-electron chi connectivity index (χ2n) is 6.21. The maximum atomic E-state index is 12.5. The maximum absolute atomic E-state index is 12.5. The lowest BCUT2D eigenvalue weighted by Crippen LogP contribution is -2.46. The van der Waals surface area contributed by atoms with Gasteiger partial charge in [0.25, 0.3) is 0 Å². The van der Waals surface area contributed by atoms with E-state index in [0.29, 0.717) is 25.9 Å². The van der Waals surface area contributed by atoms with Gasteiger partial charge < -0.3 is 10.6 Å². The van der Waals surface area contributed by atoms with Crippen molar-refractivity contribution in [2.24, 2.45) is 0 Å². The van der Waals surface area contributed by atoms with Gasteiger partial charge in [0, 0.05) is 51.4 Å². The van der Waals surface area contributed by atoms with E-state index in [0.717, 1.165) is 43.9 Å². The lowest BCUT2D eigenvalue weighted by molar-refractivity contribution is -0.116. The van der Waals surface area contributed by atoms with Crippen LogP contribution in [0.2, 0.25) is 0 Å². The first kappa shape index (κ1) is 23.1. The Labute approximate surface area is 167 Å². The van der Waals surface area contributed by atoms with E-state index in [2.05, 4.69) is 20.3 Å². The van der Waals surface area contributed by atoms with Crippen LogP contribution in [0.15, 0.2) is 23.1 Å². The molecule has 148 valence electrons. The molecule has 0 saturated carbocycles. The summed E-state index contributed by atoms with van der Waals surface area (Å²) in [5.74, 6) is -0.0153. The van der Waals surface area contributed by atoms with Gasteiger partial charge in [-0.25, -0.2) is 13.1 Å². The first-order chi connectivity index (χ1) is 11.5. The Kier molecular flexibility index (Phi) is 9.29. The van der Waals surface area contributed by atoms with E-state index in [1.165, 1.54) is 0 Å². The molecule has 2 aliphatic heterocycles. The molecule has 2 aliphatic rings. The van der Waals surface area contributed by atoms with Gasteiger partial charge in [-0.3, -0.25) is 9.69 Å². The number of nitrogens with zero attached hydrogens (tertiary/aromatic N) is 1. The fraction of sp³-hybridized carbons (Fsp3) is 0.562. The van der Waals surface area contributed by atoms with Gasteiger partial charge in [0.1, 0.15) is 0 Å². The third-order valence-electron chi connectivity index (χ3n) is 4.44. The highest BCUT2D eigenvalue weighted by Gasteiger charge is 2.19. The molecule has 3 rings (SSSR count). The summed E-state index contributed by atoms with van der Waals surface area (Å²) >= 11 is 0. The highest BCUT2D eigenvalue weighted by Crippen LogP contribution is 2.25. The Balaban J connectivity index is 0.00000169. The van der Waals surface area contributed by atoms with Crippen LogP contribution >= 0.6 is 24.8 Å². The molecule has 1 fully saturated rings. The number of piperazine rings is 1. The molecule has 10 heteroatoms. The van der Waals surface area contributed by atoms with Crippen LogP contribution in [0.25, 0.3) is 0 Å². The number of hydrogen-bond donors (Lipinski definition) is 3. The molecule has 0 bridgehead atoms. The van der Waals surface area contributed by atoms with Crippen molar-refractivity contribution in [2.75, 3.05) is 44.6 Å². The minimum absolute atomic E-state index is 0. The van der Waals surface area contributed by atoms with E-state index in [1.54, 1.807) is 18.2 Å². The number of halogens is 2. The normalized spacial score (nSPS) is 17.9. The summed E-state index contributed by atoms with van der Waals surface area (Å²) < 4.78 is 27.6. The number of benzene rings is 1. The zero-order valence-corrected chi connectivity index (χ0v) is 16.9. The predicted octanol–water partition coefficient (Wildman–Crippen LogP) is 0.988. The third kappa shape index (κ3) is 6.07. The van der Waals surface area contributed by atoms with Crippen molar-refractivity contribution >= 4 is 46.4 Å². The van der Waals surface area contributed by atoms with Gasteiger partial charge >= 0.3 is 0 Å².